The highest BCUT2D eigenvalue weighted by molar-refractivity contribution is 6.78. The molecule has 0 fully saturated rings. The summed E-state index contributed by atoms with van der Waals surface area (Å²) in [6, 6.07) is 13.6. The summed E-state index contributed by atoms with van der Waals surface area (Å²) in [5.41, 5.74) is 2.97. The van der Waals surface area contributed by atoms with E-state index in [2.05, 4.69) is 41.5 Å². The first-order chi connectivity index (χ1) is 12.2. The SMILES string of the molecule is CC(C)[Si](Oc1ccc(C(O)c2ccc(F)cc2)cc1)(C(C)C)C(C)C. The van der Waals surface area contributed by atoms with Crippen LogP contribution in [0.5, 0.6) is 5.75 Å². The average molecular weight is 375 g/mol. The fourth-order valence-corrected chi connectivity index (χ4v) is 9.36. The van der Waals surface area contributed by atoms with Gasteiger partial charge >= 0.3 is 0 Å². The van der Waals surface area contributed by atoms with Crippen LogP contribution in [0, 0.1) is 5.82 Å². The standard InChI is InChI=1S/C22H31FO2Si/c1-15(2)26(16(3)4,17(5)6)25-21-13-9-19(10-14-21)22(24)18-7-11-20(23)12-8-18/h7-17,22,24H,1-6H3. The normalized spacial score (nSPS) is 13.5. The molecular weight excluding hydrogens is 343 g/mol. The Balaban J connectivity index is 2.24. The summed E-state index contributed by atoms with van der Waals surface area (Å²) < 4.78 is 19.7. The van der Waals surface area contributed by atoms with Gasteiger partial charge in [0, 0.05) is 0 Å². The van der Waals surface area contributed by atoms with Crippen molar-refractivity contribution in [2.24, 2.45) is 0 Å². The lowest BCUT2D eigenvalue weighted by molar-refractivity contribution is 0.220. The zero-order valence-electron chi connectivity index (χ0n) is 16.7. The highest BCUT2D eigenvalue weighted by atomic mass is 28.4. The molecule has 0 saturated carbocycles. The molecule has 1 N–H and O–H groups in total. The molecule has 0 amide bonds. The van der Waals surface area contributed by atoms with Crippen molar-refractivity contribution < 1.29 is 13.9 Å². The second kappa shape index (κ2) is 8.36. The van der Waals surface area contributed by atoms with E-state index in [0.717, 1.165) is 11.3 Å². The lowest BCUT2D eigenvalue weighted by Crippen LogP contribution is -2.50. The summed E-state index contributed by atoms with van der Waals surface area (Å²) in [4.78, 5) is 0. The number of aliphatic hydroxyl groups excluding tert-OH is 1. The van der Waals surface area contributed by atoms with Gasteiger partial charge in [0.15, 0.2) is 0 Å². The van der Waals surface area contributed by atoms with Crippen LogP contribution in [0.4, 0.5) is 4.39 Å². The van der Waals surface area contributed by atoms with Crippen molar-refractivity contribution in [1.29, 1.82) is 0 Å². The molecule has 0 aromatic heterocycles. The molecule has 142 valence electrons. The van der Waals surface area contributed by atoms with Gasteiger partial charge < -0.3 is 9.53 Å². The predicted octanol–water partition coefficient (Wildman–Crippen LogP) is 6.46. The second-order valence-corrected chi connectivity index (χ2v) is 13.3. The average Bonchev–Trinajstić information content (AvgIpc) is 2.59. The van der Waals surface area contributed by atoms with Crippen LogP contribution in [0.3, 0.4) is 0 Å². The Labute approximate surface area is 158 Å². The van der Waals surface area contributed by atoms with Crippen molar-refractivity contribution in [2.75, 3.05) is 0 Å². The Morgan fingerprint density at radius 3 is 1.50 bits per heavy atom. The summed E-state index contributed by atoms with van der Waals surface area (Å²) >= 11 is 0. The Morgan fingerprint density at radius 2 is 1.12 bits per heavy atom. The molecule has 0 bridgehead atoms. The van der Waals surface area contributed by atoms with Crippen molar-refractivity contribution >= 4 is 8.32 Å². The summed E-state index contributed by atoms with van der Waals surface area (Å²) in [7, 11) is -1.99. The summed E-state index contributed by atoms with van der Waals surface area (Å²) in [5, 5.41) is 10.5. The van der Waals surface area contributed by atoms with Crippen LogP contribution < -0.4 is 4.43 Å². The molecule has 1 unspecified atom stereocenters. The monoisotopic (exact) mass is 374 g/mol. The fourth-order valence-electron chi connectivity index (χ4n) is 4.11. The first-order valence-corrected chi connectivity index (χ1v) is 11.5. The number of rotatable bonds is 7. The maximum Gasteiger partial charge on any atom is 0.258 e. The van der Waals surface area contributed by atoms with Crippen LogP contribution in [0.25, 0.3) is 0 Å². The molecule has 2 aromatic carbocycles. The Hall–Kier alpha value is -1.65. The van der Waals surface area contributed by atoms with Crippen molar-refractivity contribution in [1.82, 2.24) is 0 Å². The van der Waals surface area contributed by atoms with Crippen LogP contribution >= 0.6 is 0 Å². The third-order valence-electron chi connectivity index (χ3n) is 5.38. The first kappa shape index (κ1) is 20.7. The highest BCUT2D eigenvalue weighted by Crippen LogP contribution is 2.42. The van der Waals surface area contributed by atoms with Crippen molar-refractivity contribution in [3.05, 3.63) is 65.5 Å². The number of hydrogen-bond acceptors (Lipinski definition) is 2. The lowest BCUT2D eigenvalue weighted by atomic mass is 10.0. The van der Waals surface area contributed by atoms with E-state index >= 15 is 0 Å². The van der Waals surface area contributed by atoms with Gasteiger partial charge in [-0.15, -0.1) is 0 Å². The Kier molecular flexibility index (Phi) is 6.64. The molecular formula is C22H31FO2Si. The molecule has 0 aliphatic heterocycles. The zero-order chi connectivity index (χ0) is 19.5. The van der Waals surface area contributed by atoms with E-state index < -0.39 is 14.4 Å². The fraction of sp³-hybridized carbons (Fsp3) is 0.455. The minimum absolute atomic E-state index is 0.304. The van der Waals surface area contributed by atoms with E-state index in [4.69, 9.17) is 4.43 Å². The van der Waals surface area contributed by atoms with Gasteiger partial charge in [0.25, 0.3) is 8.32 Å². The number of halogens is 1. The van der Waals surface area contributed by atoms with E-state index in [-0.39, 0.29) is 5.82 Å². The third-order valence-corrected chi connectivity index (χ3v) is 11.4. The van der Waals surface area contributed by atoms with Crippen LogP contribution in [-0.4, -0.2) is 13.4 Å². The van der Waals surface area contributed by atoms with Gasteiger partial charge in [0.2, 0.25) is 0 Å². The van der Waals surface area contributed by atoms with Gasteiger partial charge in [-0.1, -0.05) is 65.8 Å². The number of benzene rings is 2. The minimum atomic E-state index is -1.99. The molecule has 2 aromatic rings. The molecule has 0 spiro atoms. The minimum Gasteiger partial charge on any atom is -0.543 e. The van der Waals surface area contributed by atoms with Crippen LogP contribution in [-0.2, 0) is 0 Å². The van der Waals surface area contributed by atoms with Crippen molar-refractivity contribution in [3.63, 3.8) is 0 Å². The van der Waals surface area contributed by atoms with Crippen LogP contribution in [0.1, 0.15) is 58.8 Å². The molecule has 0 saturated heterocycles. The quantitative estimate of drug-likeness (QED) is 0.563. The highest BCUT2D eigenvalue weighted by Gasteiger charge is 2.46. The van der Waals surface area contributed by atoms with Gasteiger partial charge in [-0.05, 0) is 52.0 Å². The van der Waals surface area contributed by atoms with E-state index in [1.54, 1.807) is 12.1 Å². The number of hydrogen-bond donors (Lipinski definition) is 1. The molecule has 2 rings (SSSR count). The largest absolute Gasteiger partial charge is 0.543 e. The van der Waals surface area contributed by atoms with Crippen LogP contribution in [0.2, 0.25) is 16.6 Å². The van der Waals surface area contributed by atoms with E-state index in [0.29, 0.717) is 22.2 Å². The Bertz CT molecular complexity index is 671. The number of aliphatic hydroxyl groups is 1. The van der Waals surface area contributed by atoms with E-state index in [1.807, 2.05) is 24.3 Å². The molecule has 0 aliphatic carbocycles. The molecule has 26 heavy (non-hydrogen) atoms. The summed E-state index contributed by atoms with van der Waals surface area (Å²) in [6.45, 7) is 13.6. The Morgan fingerprint density at radius 1 is 0.731 bits per heavy atom. The molecule has 0 radical (unpaired) electrons. The molecule has 1 atom stereocenters. The molecule has 0 heterocycles. The van der Waals surface area contributed by atoms with Crippen LogP contribution in [0.15, 0.2) is 48.5 Å². The van der Waals surface area contributed by atoms with E-state index in [1.165, 1.54) is 12.1 Å². The lowest BCUT2D eigenvalue weighted by Gasteiger charge is -2.42. The molecule has 4 heteroatoms. The van der Waals surface area contributed by atoms with E-state index in [9.17, 15) is 9.50 Å². The van der Waals surface area contributed by atoms with Crippen molar-refractivity contribution in [2.45, 2.75) is 64.3 Å². The van der Waals surface area contributed by atoms with Gasteiger partial charge in [-0.2, -0.15) is 0 Å². The maximum absolute atomic E-state index is 13.1. The summed E-state index contributed by atoms with van der Waals surface area (Å²) in [5.74, 6) is 0.560. The van der Waals surface area contributed by atoms with Gasteiger partial charge in [-0.25, -0.2) is 4.39 Å². The molecule has 0 aliphatic rings. The van der Waals surface area contributed by atoms with Gasteiger partial charge in [-0.3, -0.25) is 0 Å². The zero-order valence-corrected chi connectivity index (χ0v) is 17.7. The summed E-state index contributed by atoms with van der Waals surface area (Å²) in [6.07, 6.45) is -0.771. The van der Waals surface area contributed by atoms with Crippen molar-refractivity contribution in [3.8, 4) is 5.75 Å². The maximum atomic E-state index is 13.1. The second-order valence-electron chi connectivity index (χ2n) is 7.94. The van der Waals surface area contributed by atoms with Gasteiger partial charge in [0.05, 0.1) is 0 Å². The topological polar surface area (TPSA) is 29.5 Å². The predicted molar refractivity (Wildman–Crippen MR) is 109 cm³/mol. The van der Waals surface area contributed by atoms with Gasteiger partial charge in [0.1, 0.15) is 17.7 Å². The third kappa shape index (κ3) is 4.18. The first-order valence-electron chi connectivity index (χ1n) is 9.41. The molecule has 2 nitrogen and oxygen atoms in total. The smallest absolute Gasteiger partial charge is 0.258 e.